The molecule has 0 aromatic heterocycles. The molecule has 14 heteroatoms. The van der Waals surface area contributed by atoms with Crippen LogP contribution in [0.5, 0.6) is 0 Å². The quantitative estimate of drug-likeness (QED) is 0.114. The number of aliphatic hydroxyl groups is 1. The van der Waals surface area contributed by atoms with Crippen molar-refractivity contribution >= 4 is 54.0 Å². The minimum atomic E-state index is -1.47. The molecule has 0 heterocycles. The van der Waals surface area contributed by atoms with Crippen molar-refractivity contribution in [3.63, 3.8) is 0 Å². The Hall–Kier alpha value is -2.03. The van der Waals surface area contributed by atoms with Gasteiger partial charge in [0.15, 0.2) is 0 Å². The Labute approximate surface area is 183 Å². The molecule has 172 valence electrons. The molecule has 12 nitrogen and oxygen atoms in total. The van der Waals surface area contributed by atoms with Crippen molar-refractivity contribution in [2.24, 2.45) is 11.5 Å². The van der Waals surface area contributed by atoms with E-state index in [1.807, 2.05) is 0 Å². The number of aliphatic carboxylic acids is 1. The van der Waals surface area contributed by atoms with E-state index in [4.69, 9.17) is 11.5 Å². The fraction of sp³-hybridized carbons (Fsp3) is 0.688. The highest BCUT2D eigenvalue weighted by Gasteiger charge is 2.29. The molecule has 30 heavy (non-hydrogen) atoms. The minimum absolute atomic E-state index is 0.00425. The van der Waals surface area contributed by atoms with Crippen molar-refractivity contribution in [1.29, 1.82) is 0 Å². The number of thiol groups is 1. The molecule has 0 rings (SSSR count). The van der Waals surface area contributed by atoms with Crippen LogP contribution in [0.2, 0.25) is 0 Å². The third-order valence-electron chi connectivity index (χ3n) is 3.89. The molecular weight excluding hydrogens is 438 g/mol. The molecule has 0 aliphatic rings. The maximum atomic E-state index is 12.5. The van der Waals surface area contributed by atoms with Crippen LogP contribution < -0.4 is 27.4 Å². The second-order valence-electron chi connectivity index (χ2n) is 6.28. The third-order valence-corrected chi connectivity index (χ3v) is 4.92. The Balaban J connectivity index is 5.19. The summed E-state index contributed by atoms with van der Waals surface area (Å²) in [5.41, 5.74) is 10.6. The molecule has 9 N–H and O–H groups in total. The number of aliphatic hydroxyl groups excluding tert-OH is 1. The third kappa shape index (κ3) is 10.7. The average molecular weight is 468 g/mol. The van der Waals surface area contributed by atoms with E-state index in [0.29, 0.717) is 5.75 Å². The SMILES string of the molecule is CSCCC(NC(=O)C(CO)NC(=O)C(CCC(N)=O)NC(=O)C(N)CS)C(=O)O. The van der Waals surface area contributed by atoms with Crippen LogP contribution in [0.25, 0.3) is 0 Å². The zero-order valence-electron chi connectivity index (χ0n) is 16.5. The van der Waals surface area contributed by atoms with Crippen molar-refractivity contribution in [2.75, 3.05) is 24.4 Å². The fourth-order valence-electron chi connectivity index (χ4n) is 2.15. The Morgan fingerprint density at radius 3 is 1.97 bits per heavy atom. The Kier molecular flexibility index (Phi) is 13.9. The lowest BCUT2D eigenvalue weighted by molar-refractivity contribution is -0.142. The normalized spacial score (nSPS) is 14.7. The van der Waals surface area contributed by atoms with Crippen LogP contribution >= 0.6 is 24.4 Å². The molecule has 0 aromatic carbocycles. The van der Waals surface area contributed by atoms with E-state index in [1.165, 1.54) is 11.8 Å². The van der Waals surface area contributed by atoms with Gasteiger partial charge in [-0.3, -0.25) is 19.2 Å². The summed E-state index contributed by atoms with van der Waals surface area (Å²) in [4.78, 5) is 59.1. The first-order chi connectivity index (χ1) is 14.1. The molecule has 0 bridgehead atoms. The van der Waals surface area contributed by atoms with Crippen molar-refractivity contribution in [2.45, 2.75) is 43.4 Å². The van der Waals surface area contributed by atoms with Crippen LogP contribution in [-0.4, -0.2) is 88.3 Å². The number of nitrogens with two attached hydrogens (primary N) is 2. The van der Waals surface area contributed by atoms with E-state index in [2.05, 4.69) is 28.6 Å². The molecule has 4 atom stereocenters. The molecule has 4 unspecified atom stereocenters. The first-order valence-corrected chi connectivity index (χ1v) is 11.0. The number of rotatable bonds is 15. The van der Waals surface area contributed by atoms with Gasteiger partial charge in [-0.25, -0.2) is 4.79 Å². The fourth-order valence-corrected chi connectivity index (χ4v) is 2.79. The number of carbonyl (C=O) groups is 5. The highest BCUT2D eigenvalue weighted by Crippen LogP contribution is 2.03. The maximum Gasteiger partial charge on any atom is 0.326 e. The monoisotopic (exact) mass is 467 g/mol. The van der Waals surface area contributed by atoms with Gasteiger partial charge in [-0.2, -0.15) is 24.4 Å². The molecule has 0 fully saturated rings. The number of primary amides is 1. The highest BCUT2D eigenvalue weighted by atomic mass is 32.2. The molecule has 0 saturated carbocycles. The molecule has 0 radical (unpaired) electrons. The number of hydrogen-bond donors (Lipinski definition) is 8. The van der Waals surface area contributed by atoms with Gasteiger partial charge in [-0.05, 0) is 24.9 Å². The summed E-state index contributed by atoms with van der Waals surface area (Å²) in [5, 5.41) is 25.5. The van der Waals surface area contributed by atoms with Gasteiger partial charge in [0.1, 0.15) is 18.1 Å². The Bertz CT molecular complexity index is 623. The largest absolute Gasteiger partial charge is 0.480 e. The number of amides is 4. The summed E-state index contributed by atoms with van der Waals surface area (Å²) in [5.74, 6) is -3.98. The van der Waals surface area contributed by atoms with E-state index in [9.17, 15) is 34.2 Å². The van der Waals surface area contributed by atoms with E-state index >= 15 is 0 Å². The summed E-state index contributed by atoms with van der Waals surface area (Å²) >= 11 is 5.28. The van der Waals surface area contributed by atoms with Gasteiger partial charge >= 0.3 is 5.97 Å². The van der Waals surface area contributed by atoms with Crippen LogP contribution in [0.15, 0.2) is 0 Å². The van der Waals surface area contributed by atoms with Crippen molar-refractivity contribution in [3.05, 3.63) is 0 Å². The summed E-state index contributed by atoms with van der Waals surface area (Å²) in [6.07, 6.45) is 1.52. The highest BCUT2D eigenvalue weighted by molar-refractivity contribution is 7.98. The molecule has 0 spiro atoms. The van der Waals surface area contributed by atoms with E-state index in [1.54, 1.807) is 6.26 Å². The summed E-state index contributed by atoms with van der Waals surface area (Å²) in [7, 11) is 0. The number of thioether (sulfide) groups is 1. The van der Waals surface area contributed by atoms with Crippen LogP contribution in [0.1, 0.15) is 19.3 Å². The van der Waals surface area contributed by atoms with Gasteiger partial charge < -0.3 is 37.6 Å². The number of hydrogen-bond acceptors (Lipinski definition) is 9. The van der Waals surface area contributed by atoms with Gasteiger partial charge in [-0.15, -0.1) is 0 Å². The van der Waals surface area contributed by atoms with Gasteiger partial charge in [-0.1, -0.05) is 0 Å². The first-order valence-electron chi connectivity index (χ1n) is 8.95. The average Bonchev–Trinajstić information content (AvgIpc) is 2.70. The number of nitrogens with one attached hydrogen (secondary N) is 3. The number of carboxylic acids is 1. The van der Waals surface area contributed by atoms with Crippen LogP contribution in [0.3, 0.4) is 0 Å². The maximum absolute atomic E-state index is 12.5. The van der Waals surface area contributed by atoms with E-state index in [0.717, 1.165) is 0 Å². The zero-order chi connectivity index (χ0) is 23.3. The van der Waals surface area contributed by atoms with Gasteiger partial charge in [0.05, 0.1) is 12.6 Å². The van der Waals surface area contributed by atoms with Crippen molar-refractivity contribution < 1.29 is 34.2 Å². The molecule has 4 amide bonds. The van der Waals surface area contributed by atoms with Crippen LogP contribution in [0, 0.1) is 0 Å². The smallest absolute Gasteiger partial charge is 0.326 e. The van der Waals surface area contributed by atoms with E-state index < -0.39 is 60.4 Å². The zero-order valence-corrected chi connectivity index (χ0v) is 18.2. The Morgan fingerprint density at radius 2 is 1.50 bits per heavy atom. The molecular formula is C16H29N5O7S2. The standard InChI is InChI=1S/C16H29N5O7S2/c1-30-5-4-10(16(27)28)20-15(26)11(6-22)21-14(25)9(2-3-12(18)23)19-13(24)8(17)7-29/h8-11,22,29H,2-7,17H2,1H3,(H2,18,23)(H,19,24)(H,20,26)(H,21,25)(H,27,28). The van der Waals surface area contributed by atoms with Crippen LogP contribution in [-0.2, 0) is 24.0 Å². The Morgan fingerprint density at radius 1 is 0.967 bits per heavy atom. The second kappa shape index (κ2) is 14.9. The number of carboxylic acid groups (broad SMARTS) is 1. The predicted molar refractivity (Wildman–Crippen MR) is 114 cm³/mol. The summed E-state index contributed by atoms with van der Waals surface area (Å²) in [6, 6.07) is -4.94. The van der Waals surface area contributed by atoms with Crippen LogP contribution in [0.4, 0.5) is 0 Å². The lowest BCUT2D eigenvalue weighted by Gasteiger charge is -2.24. The topological polar surface area (TPSA) is 214 Å². The predicted octanol–water partition coefficient (Wildman–Crippen LogP) is -3.21. The van der Waals surface area contributed by atoms with Gasteiger partial charge in [0.25, 0.3) is 0 Å². The molecule has 0 aliphatic carbocycles. The van der Waals surface area contributed by atoms with Crippen molar-refractivity contribution in [3.8, 4) is 0 Å². The molecule has 0 aliphatic heterocycles. The van der Waals surface area contributed by atoms with Gasteiger partial charge in [0, 0.05) is 12.2 Å². The first kappa shape index (κ1) is 28.0. The van der Waals surface area contributed by atoms with E-state index in [-0.39, 0.29) is 25.0 Å². The summed E-state index contributed by atoms with van der Waals surface area (Å²) < 4.78 is 0. The molecule has 0 saturated heterocycles. The number of carbonyl (C=O) groups excluding carboxylic acids is 4. The van der Waals surface area contributed by atoms with Gasteiger partial charge in [0.2, 0.25) is 23.6 Å². The lowest BCUT2D eigenvalue weighted by atomic mass is 10.1. The molecule has 0 aromatic rings. The van der Waals surface area contributed by atoms with Crippen molar-refractivity contribution in [1.82, 2.24) is 16.0 Å². The minimum Gasteiger partial charge on any atom is -0.480 e. The summed E-state index contributed by atoms with van der Waals surface area (Å²) in [6.45, 7) is -0.820. The lowest BCUT2D eigenvalue weighted by Crippen LogP contribution is -2.58. The second-order valence-corrected chi connectivity index (χ2v) is 7.63.